The second-order valence-electron chi connectivity index (χ2n) is 6.44. The Balaban J connectivity index is 1.97. The number of aliphatic hydroxyl groups excluding tert-OH is 1. The first-order valence-electron chi connectivity index (χ1n) is 8.96. The van der Waals surface area contributed by atoms with Crippen LogP contribution in [0, 0.1) is 0 Å². The predicted molar refractivity (Wildman–Crippen MR) is 105 cm³/mol. The number of carbonyl (C=O) groups excluding carboxylic acids is 1. The zero-order chi connectivity index (χ0) is 19.8. The second kappa shape index (κ2) is 7.30. The molecule has 1 aliphatic rings. The molecule has 2 aromatic carbocycles. The van der Waals surface area contributed by atoms with Crippen LogP contribution < -0.4 is 10.2 Å². The highest BCUT2D eigenvalue weighted by Gasteiger charge is 2.42. The van der Waals surface area contributed by atoms with E-state index in [0.717, 1.165) is 0 Å². The van der Waals surface area contributed by atoms with Gasteiger partial charge in [-0.05, 0) is 42.8 Å². The van der Waals surface area contributed by atoms with E-state index in [9.17, 15) is 14.7 Å². The van der Waals surface area contributed by atoms with Crippen molar-refractivity contribution in [2.24, 2.45) is 0 Å². The fourth-order valence-corrected chi connectivity index (χ4v) is 3.79. The van der Waals surface area contributed by atoms with E-state index in [1.807, 2.05) is 19.1 Å². The van der Waals surface area contributed by atoms with Gasteiger partial charge >= 0.3 is 0 Å². The number of ether oxygens (including phenoxy) is 1. The molecule has 0 aliphatic carbocycles. The van der Waals surface area contributed by atoms with Crippen LogP contribution in [0.1, 0.15) is 34.6 Å². The maximum atomic E-state index is 13.3. The third-order valence-corrected chi connectivity index (χ3v) is 4.99. The normalized spacial score (nSPS) is 15.9. The van der Waals surface area contributed by atoms with Gasteiger partial charge in [-0.15, -0.1) is 0 Å². The first kappa shape index (κ1) is 18.5. The van der Waals surface area contributed by atoms with Gasteiger partial charge in [-0.25, -0.2) is 0 Å². The maximum absolute atomic E-state index is 13.3. The quantitative estimate of drug-likeness (QED) is 0.711. The first-order chi connectivity index (χ1) is 13.5. The van der Waals surface area contributed by atoms with Crippen LogP contribution in [-0.4, -0.2) is 35.7 Å². The molecule has 3 aromatic rings. The molecule has 144 valence electrons. The van der Waals surface area contributed by atoms with Gasteiger partial charge in [-0.2, -0.15) is 0 Å². The van der Waals surface area contributed by atoms with Crippen molar-refractivity contribution >= 4 is 28.5 Å². The fraction of sp³-hybridized carbons (Fsp3) is 0.238. The Morgan fingerprint density at radius 1 is 1.21 bits per heavy atom. The largest absolute Gasteiger partial charge is 0.494 e. The van der Waals surface area contributed by atoms with Gasteiger partial charge in [-0.1, -0.05) is 23.7 Å². The molecule has 0 spiro atoms. The van der Waals surface area contributed by atoms with Gasteiger partial charge in [-0.3, -0.25) is 9.59 Å². The van der Waals surface area contributed by atoms with Gasteiger partial charge in [0.2, 0.25) is 5.76 Å². The first-order valence-corrected chi connectivity index (χ1v) is 9.33. The van der Waals surface area contributed by atoms with E-state index in [2.05, 4.69) is 0 Å². The minimum atomic E-state index is -0.672. The molecule has 2 heterocycles. The van der Waals surface area contributed by atoms with Crippen LogP contribution in [0.3, 0.4) is 0 Å². The summed E-state index contributed by atoms with van der Waals surface area (Å²) in [4.78, 5) is 27.7. The van der Waals surface area contributed by atoms with Crippen LogP contribution in [0.15, 0.2) is 51.7 Å². The molecule has 1 atom stereocenters. The summed E-state index contributed by atoms with van der Waals surface area (Å²) in [6.45, 7) is 2.21. The molecule has 7 heteroatoms. The number of aliphatic hydroxyl groups is 1. The molecule has 0 radical (unpaired) electrons. The van der Waals surface area contributed by atoms with Crippen molar-refractivity contribution in [3.05, 3.63) is 74.6 Å². The van der Waals surface area contributed by atoms with Crippen molar-refractivity contribution in [3.8, 4) is 5.75 Å². The summed E-state index contributed by atoms with van der Waals surface area (Å²) in [6, 6.07) is 11.3. The molecular weight excluding hydrogens is 382 g/mol. The number of hydrogen-bond donors (Lipinski definition) is 1. The molecule has 1 aromatic heterocycles. The number of fused-ring (bicyclic) bond motifs is 2. The van der Waals surface area contributed by atoms with Crippen molar-refractivity contribution in [2.45, 2.75) is 13.0 Å². The molecule has 0 saturated heterocycles. The lowest BCUT2D eigenvalue weighted by Crippen LogP contribution is -2.32. The molecule has 0 bridgehead atoms. The number of halogens is 1. The Bertz CT molecular complexity index is 1120. The van der Waals surface area contributed by atoms with Crippen molar-refractivity contribution in [2.75, 3.05) is 19.8 Å². The lowest BCUT2D eigenvalue weighted by atomic mass is 9.98. The number of benzene rings is 2. The third kappa shape index (κ3) is 2.95. The molecule has 0 fully saturated rings. The Morgan fingerprint density at radius 2 is 2.04 bits per heavy atom. The van der Waals surface area contributed by atoms with E-state index >= 15 is 0 Å². The number of hydrogen-bond acceptors (Lipinski definition) is 5. The molecule has 0 saturated carbocycles. The number of β-amino-alcohol motifs (C(OH)–C–C–N with tert-alkyl or cyclic N) is 1. The third-order valence-electron chi connectivity index (χ3n) is 4.75. The van der Waals surface area contributed by atoms with E-state index in [4.69, 9.17) is 20.8 Å². The number of carbonyl (C=O) groups is 1. The van der Waals surface area contributed by atoms with E-state index < -0.39 is 11.9 Å². The van der Waals surface area contributed by atoms with Gasteiger partial charge in [0.05, 0.1) is 30.2 Å². The molecule has 1 amide bonds. The van der Waals surface area contributed by atoms with Crippen LogP contribution in [0.25, 0.3) is 11.0 Å². The highest BCUT2D eigenvalue weighted by molar-refractivity contribution is 6.31. The average Bonchev–Trinajstić information content (AvgIpc) is 2.96. The minimum absolute atomic E-state index is 0.0000791. The molecule has 4 rings (SSSR count). The van der Waals surface area contributed by atoms with Crippen LogP contribution >= 0.6 is 11.6 Å². The summed E-state index contributed by atoms with van der Waals surface area (Å²) in [6.07, 6.45) is 0. The van der Waals surface area contributed by atoms with Gasteiger partial charge < -0.3 is 19.2 Å². The summed E-state index contributed by atoms with van der Waals surface area (Å²) < 4.78 is 11.4. The van der Waals surface area contributed by atoms with Gasteiger partial charge in [0.1, 0.15) is 11.3 Å². The molecule has 1 N–H and O–H groups in total. The molecule has 6 nitrogen and oxygen atoms in total. The second-order valence-corrected chi connectivity index (χ2v) is 6.88. The zero-order valence-corrected chi connectivity index (χ0v) is 15.9. The Kier molecular flexibility index (Phi) is 4.83. The number of amides is 1. The summed E-state index contributed by atoms with van der Waals surface area (Å²) >= 11 is 6.05. The highest BCUT2D eigenvalue weighted by Crippen LogP contribution is 2.39. The van der Waals surface area contributed by atoms with Crippen molar-refractivity contribution in [1.29, 1.82) is 0 Å². The summed E-state index contributed by atoms with van der Waals surface area (Å²) in [5.41, 5.74) is 0.954. The van der Waals surface area contributed by atoms with Crippen LogP contribution in [0.5, 0.6) is 5.75 Å². The van der Waals surface area contributed by atoms with E-state index in [1.165, 1.54) is 11.0 Å². The van der Waals surface area contributed by atoms with Gasteiger partial charge in [0.15, 0.2) is 5.43 Å². The molecule has 28 heavy (non-hydrogen) atoms. The number of nitrogens with zero attached hydrogens (tertiary/aromatic N) is 1. The monoisotopic (exact) mass is 399 g/mol. The number of rotatable bonds is 5. The summed E-state index contributed by atoms with van der Waals surface area (Å²) in [5.74, 6) is 0.211. The average molecular weight is 400 g/mol. The zero-order valence-electron chi connectivity index (χ0n) is 15.1. The SMILES string of the molecule is CCOc1cccc([C@@H]2c3c(oc4ccc(Cl)cc4c3=O)C(=O)N2CCO)c1. The van der Waals surface area contributed by atoms with Crippen LogP contribution in [-0.2, 0) is 0 Å². The maximum Gasteiger partial charge on any atom is 0.290 e. The standard InChI is InChI=1S/C21H18ClNO5/c1-2-27-14-5-3-4-12(10-14)18-17-19(25)15-11-13(22)6-7-16(15)28-20(17)21(26)23(18)8-9-24/h3-7,10-11,18,24H,2,8-9H2,1H3/t18-/m1/s1. The summed E-state index contributed by atoms with van der Waals surface area (Å²) in [5, 5.41) is 10.2. The predicted octanol–water partition coefficient (Wildman–Crippen LogP) is 3.38. The van der Waals surface area contributed by atoms with E-state index in [1.54, 1.807) is 24.3 Å². The molecule has 0 unspecified atom stereocenters. The fourth-order valence-electron chi connectivity index (χ4n) is 3.62. The van der Waals surface area contributed by atoms with Crippen LogP contribution in [0.4, 0.5) is 0 Å². The minimum Gasteiger partial charge on any atom is -0.494 e. The summed E-state index contributed by atoms with van der Waals surface area (Å²) in [7, 11) is 0. The highest BCUT2D eigenvalue weighted by atomic mass is 35.5. The topological polar surface area (TPSA) is 80.0 Å². The Morgan fingerprint density at radius 3 is 2.79 bits per heavy atom. The lowest BCUT2D eigenvalue weighted by Gasteiger charge is -2.24. The molecule has 1 aliphatic heterocycles. The molecular formula is C21H18ClNO5. The van der Waals surface area contributed by atoms with Crippen molar-refractivity contribution in [1.82, 2.24) is 4.90 Å². The smallest absolute Gasteiger partial charge is 0.290 e. The van der Waals surface area contributed by atoms with Crippen molar-refractivity contribution in [3.63, 3.8) is 0 Å². The van der Waals surface area contributed by atoms with E-state index in [-0.39, 0.29) is 29.9 Å². The van der Waals surface area contributed by atoms with Crippen molar-refractivity contribution < 1.29 is 19.1 Å². The van der Waals surface area contributed by atoms with Gasteiger partial charge in [0.25, 0.3) is 5.91 Å². The van der Waals surface area contributed by atoms with Gasteiger partial charge in [0, 0.05) is 11.6 Å². The lowest BCUT2D eigenvalue weighted by molar-refractivity contribution is 0.0691. The van der Waals surface area contributed by atoms with E-state index in [0.29, 0.717) is 33.9 Å². The Labute approximate surface area is 165 Å². The Hall–Kier alpha value is -2.83. The van der Waals surface area contributed by atoms with Crippen LogP contribution in [0.2, 0.25) is 5.02 Å².